The predicted molar refractivity (Wildman–Crippen MR) is 131 cm³/mol. The first kappa shape index (κ1) is 23.6. The third-order valence-corrected chi connectivity index (χ3v) is 5.96. The molecule has 1 N–H and O–H groups in total. The van der Waals surface area contributed by atoms with Gasteiger partial charge in [0.1, 0.15) is 10.6 Å². The summed E-state index contributed by atoms with van der Waals surface area (Å²) in [5.74, 6) is 0.260. The van der Waals surface area contributed by atoms with Crippen LogP contribution in [0.5, 0.6) is 11.5 Å². The lowest BCUT2D eigenvalue weighted by Crippen LogP contribution is -2.12. The summed E-state index contributed by atoms with van der Waals surface area (Å²) >= 11 is 4.71. The Morgan fingerprint density at radius 3 is 2.53 bits per heavy atom. The summed E-state index contributed by atoms with van der Waals surface area (Å²) in [5.41, 5.74) is 2.68. The molecule has 166 valence electrons. The number of ether oxygens (including phenoxy) is 3. The van der Waals surface area contributed by atoms with Gasteiger partial charge in [-0.15, -0.1) is 11.3 Å². The molecule has 0 unspecified atom stereocenters. The number of nitrogens with one attached hydrogen (secondary N) is 1. The van der Waals surface area contributed by atoms with Gasteiger partial charge in [-0.3, -0.25) is 4.79 Å². The average Bonchev–Trinajstić information content (AvgIpc) is 3.21. The Morgan fingerprint density at radius 2 is 1.88 bits per heavy atom. The Morgan fingerprint density at radius 1 is 1.12 bits per heavy atom. The van der Waals surface area contributed by atoms with Gasteiger partial charge < -0.3 is 19.5 Å². The highest BCUT2D eigenvalue weighted by atomic mass is 79.9. The lowest BCUT2D eigenvalue weighted by atomic mass is 10.0. The van der Waals surface area contributed by atoms with Gasteiger partial charge in [-0.2, -0.15) is 0 Å². The van der Waals surface area contributed by atoms with Crippen LogP contribution in [0.3, 0.4) is 0 Å². The molecule has 8 heteroatoms. The van der Waals surface area contributed by atoms with E-state index >= 15 is 0 Å². The number of rotatable bonds is 8. The highest BCUT2D eigenvalue weighted by Crippen LogP contribution is 2.37. The quantitative estimate of drug-likeness (QED) is 0.293. The number of methoxy groups -OCH3 is 2. The molecule has 0 aliphatic heterocycles. The SMILES string of the molecule is CCOC(=O)c1c(-c2ccccc2)csc1NC(=O)/C=C/c1cc(Br)c(OC)c(OC)c1. The highest BCUT2D eigenvalue weighted by molar-refractivity contribution is 9.10. The fourth-order valence-corrected chi connectivity index (χ4v) is 4.63. The average molecular weight is 516 g/mol. The van der Waals surface area contributed by atoms with Gasteiger partial charge in [0.2, 0.25) is 5.91 Å². The molecule has 0 aliphatic rings. The van der Waals surface area contributed by atoms with Gasteiger partial charge in [0.15, 0.2) is 11.5 Å². The van der Waals surface area contributed by atoms with E-state index in [2.05, 4.69) is 21.2 Å². The van der Waals surface area contributed by atoms with Crippen molar-refractivity contribution in [1.29, 1.82) is 0 Å². The second-order valence-electron chi connectivity index (χ2n) is 6.50. The summed E-state index contributed by atoms with van der Waals surface area (Å²) in [4.78, 5) is 25.2. The first-order valence-electron chi connectivity index (χ1n) is 9.73. The number of esters is 1. The third-order valence-electron chi connectivity index (χ3n) is 4.48. The zero-order valence-electron chi connectivity index (χ0n) is 17.8. The van der Waals surface area contributed by atoms with E-state index in [1.165, 1.54) is 17.4 Å². The Labute approximate surface area is 198 Å². The van der Waals surface area contributed by atoms with Crippen LogP contribution in [-0.4, -0.2) is 32.7 Å². The van der Waals surface area contributed by atoms with Crippen molar-refractivity contribution in [2.75, 3.05) is 26.1 Å². The maximum absolute atomic E-state index is 12.6. The molecule has 1 amide bonds. The van der Waals surface area contributed by atoms with Crippen molar-refractivity contribution < 1.29 is 23.8 Å². The normalized spacial score (nSPS) is 10.8. The van der Waals surface area contributed by atoms with Crippen LogP contribution in [0.15, 0.2) is 58.4 Å². The van der Waals surface area contributed by atoms with Crippen LogP contribution in [0.1, 0.15) is 22.8 Å². The number of anilines is 1. The van der Waals surface area contributed by atoms with E-state index in [-0.39, 0.29) is 12.5 Å². The lowest BCUT2D eigenvalue weighted by Gasteiger charge is -2.10. The fraction of sp³-hybridized carbons (Fsp3) is 0.167. The monoisotopic (exact) mass is 515 g/mol. The molecule has 0 radical (unpaired) electrons. The number of benzene rings is 2. The van der Waals surface area contributed by atoms with E-state index in [1.807, 2.05) is 41.8 Å². The molecule has 0 aliphatic carbocycles. The molecule has 0 saturated heterocycles. The number of thiophene rings is 1. The molecular weight excluding hydrogens is 494 g/mol. The van der Waals surface area contributed by atoms with E-state index in [9.17, 15) is 9.59 Å². The van der Waals surface area contributed by atoms with Gasteiger partial charge >= 0.3 is 5.97 Å². The largest absolute Gasteiger partial charge is 0.493 e. The van der Waals surface area contributed by atoms with Crippen molar-refractivity contribution in [3.05, 3.63) is 69.5 Å². The predicted octanol–water partition coefficient (Wildman–Crippen LogP) is 6.02. The van der Waals surface area contributed by atoms with Gasteiger partial charge in [0, 0.05) is 17.0 Å². The second kappa shape index (κ2) is 11.0. The topological polar surface area (TPSA) is 73.9 Å². The number of carbonyl (C=O) groups excluding carboxylic acids is 2. The van der Waals surface area contributed by atoms with Crippen LogP contribution in [0.4, 0.5) is 5.00 Å². The van der Waals surface area contributed by atoms with Crippen molar-refractivity contribution in [3.8, 4) is 22.6 Å². The minimum absolute atomic E-state index is 0.240. The Kier molecular flexibility index (Phi) is 8.08. The summed E-state index contributed by atoms with van der Waals surface area (Å²) in [6.45, 7) is 1.99. The zero-order chi connectivity index (χ0) is 23.1. The van der Waals surface area contributed by atoms with Crippen LogP contribution < -0.4 is 14.8 Å². The molecule has 1 aromatic heterocycles. The summed E-state index contributed by atoms with van der Waals surface area (Å²) in [5, 5.41) is 5.08. The van der Waals surface area contributed by atoms with E-state index in [1.54, 1.807) is 33.3 Å². The maximum atomic E-state index is 12.6. The maximum Gasteiger partial charge on any atom is 0.341 e. The van der Waals surface area contributed by atoms with Crippen molar-refractivity contribution >= 4 is 50.2 Å². The van der Waals surface area contributed by atoms with Crippen LogP contribution in [0, 0.1) is 0 Å². The molecule has 6 nitrogen and oxygen atoms in total. The van der Waals surface area contributed by atoms with Crippen molar-refractivity contribution in [2.24, 2.45) is 0 Å². The van der Waals surface area contributed by atoms with E-state index in [0.717, 1.165) is 16.7 Å². The van der Waals surface area contributed by atoms with Gasteiger partial charge in [0.05, 0.1) is 25.3 Å². The molecule has 0 saturated carbocycles. The first-order chi connectivity index (χ1) is 15.5. The molecule has 0 spiro atoms. The lowest BCUT2D eigenvalue weighted by molar-refractivity contribution is -0.111. The molecule has 32 heavy (non-hydrogen) atoms. The molecule has 3 rings (SSSR count). The molecule has 0 atom stereocenters. The van der Waals surface area contributed by atoms with E-state index in [0.29, 0.717) is 26.5 Å². The van der Waals surface area contributed by atoms with Gasteiger partial charge in [-0.1, -0.05) is 30.3 Å². The van der Waals surface area contributed by atoms with Gasteiger partial charge in [-0.25, -0.2) is 4.79 Å². The van der Waals surface area contributed by atoms with Crippen LogP contribution in [-0.2, 0) is 9.53 Å². The number of hydrogen-bond donors (Lipinski definition) is 1. The highest BCUT2D eigenvalue weighted by Gasteiger charge is 2.22. The number of hydrogen-bond acceptors (Lipinski definition) is 6. The number of halogens is 1. The number of carbonyl (C=O) groups is 2. The smallest absolute Gasteiger partial charge is 0.341 e. The minimum atomic E-state index is -0.476. The van der Waals surface area contributed by atoms with E-state index in [4.69, 9.17) is 14.2 Å². The third kappa shape index (κ3) is 5.38. The van der Waals surface area contributed by atoms with Crippen molar-refractivity contribution in [3.63, 3.8) is 0 Å². The molecule has 3 aromatic rings. The summed E-state index contributed by atoms with van der Waals surface area (Å²) in [6.07, 6.45) is 3.04. The summed E-state index contributed by atoms with van der Waals surface area (Å²) in [6, 6.07) is 13.1. The Bertz CT molecular complexity index is 1140. The minimum Gasteiger partial charge on any atom is -0.493 e. The molecule has 2 aromatic carbocycles. The molecule has 1 heterocycles. The fourth-order valence-electron chi connectivity index (χ4n) is 3.05. The Hall–Kier alpha value is -3.10. The first-order valence-corrected chi connectivity index (χ1v) is 11.4. The molecule has 0 fully saturated rings. The van der Waals surface area contributed by atoms with Crippen LogP contribution in [0.25, 0.3) is 17.2 Å². The Balaban J connectivity index is 1.86. The second-order valence-corrected chi connectivity index (χ2v) is 8.23. The van der Waals surface area contributed by atoms with Crippen LogP contribution >= 0.6 is 27.3 Å². The zero-order valence-corrected chi connectivity index (χ0v) is 20.2. The van der Waals surface area contributed by atoms with E-state index < -0.39 is 5.97 Å². The molecule has 0 bridgehead atoms. The summed E-state index contributed by atoms with van der Waals surface area (Å²) in [7, 11) is 3.10. The van der Waals surface area contributed by atoms with Crippen LogP contribution in [0.2, 0.25) is 0 Å². The van der Waals surface area contributed by atoms with Gasteiger partial charge in [0.25, 0.3) is 0 Å². The number of amides is 1. The standard InChI is InChI=1S/C24H22BrNO5S/c1-4-31-24(28)21-17(16-8-6-5-7-9-16)14-32-23(21)26-20(27)11-10-15-12-18(25)22(30-3)19(13-15)29-2/h5-14H,4H2,1-3H3,(H,26,27)/b11-10+. The van der Waals surface area contributed by atoms with Gasteiger partial charge in [-0.05, 0) is 52.2 Å². The van der Waals surface area contributed by atoms with Crippen molar-refractivity contribution in [1.82, 2.24) is 0 Å². The van der Waals surface area contributed by atoms with Crippen molar-refractivity contribution in [2.45, 2.75) is 6.92 Å². The molecular formula is C24H22BrNO5S. The summed E-state index contributed by atoms with van der Waals surface area (Å²) < 4.78 is 16.6.